The predicted octanol–water partition coefficient (Wildman–Crippen LogP) is 4.13. The molecule has 0 saturated heterocycles. The molecule has 92 valence electrons. The average Bonchev–Trinajstić information content (AvgIpc) is 2.62. The van der Waals surface area contributed by atoms with Crippen molar-refractivity contribution in [3.05, 3.63) is 28.8 Å². The molecule has 2 nitrogen and oxygen atoms in total. The lowest BCUT2D eigenvalue weighted by Gasteiger charge is -2.25. The van der Waals surface area contributed by atoms with Crippen LogP contribution in [0.15, 0.2) is 18.2 Å². The molecule has 1 aliphatic heterocycles. The Hall–Kier alpha value is -1.02. The van der Waals surface area contributed by atoms with E-state index >= 15 is 0 Å². The summed E-state index contributed by atoms with van der Waals surface area (Å²) in [4.78, 5) is 12.3. The van der Waals surface area contributed by atoms with Gasteiger partial charge in [-0.25, -0.2) is 0 Å². The van der Waals surface area contributed by atoms with Gasteiger partial charge in [0.05, 0.1) is 16.1 Å². The highest BCUT2D eigenvalue weighted by atomic mass is 35.5. The number of anilines is 1. The van der Waals surface area contributed by atoms with Gasteiger partial charge >= 0.3 is 0 Å². The first kappa shape index (κ1) is 12.4. The van der Waals surface area contributed by atoms with Crippen molar-refractivity contribution >= 4 is 23.2 Å². The normalized spacial score (nSPS) is 22.4. The second-order valence-electron chi connectivity index (χ2n) is 4.66. The number of benzene rings is 1. The van der Waals surface area contributed by atoms with Crippen LogP contribution in [0.2, 0.25) is 5.02 Å². The largest absolute Gasteiger partial charge is 0.324 e. The molecule has 0 saturated carbocycles. The molecule has 17 heavy (non-hydrogen) atoms. The zero-order chi connectivity index (χ0) is 12.5. The molecule has 1 aromatic carbocycles. The first-order valence-electron chi connectivity index (χ1n) is 6.26. The van der Waals surface area contributed by atoms with E-state index < -0.39 is 0 Å². The highest BCUT2D eigenvalue weighted by Gasteiger charge is 2.45. The van der Waals surface area contributed by atoms with Gasteiger partial charge in [-0.3, -0.25) is 4.79 Å². The minimum Gasteiger partial charge on any atom is -0.324 e. The maximum absolute atomic E-state index is 12.3. The molecule has 1 unspecified atom stereocenters. The predicted molar refractivity (Wildman–Crippen MR) is 71.6 cm³/mol. The SMILES string of the molecule is CCCCC1(CC)C(=O)Nc2c(Cl)cccc21. The second-order valence-corrected chi connectivity index (χ2v) is 5.06. The first-order chi connectivity index (χ1) is 8.15. The summed E-state index contributed by atoms with van der Waals surface area (Å²) in [5.41, 5.74) is 1.53. The third-order valence-electron chi connectivity index (χ3n) is 3.76. The van der Waals surface area contributed by atoms with Gasteiger partial charge in [0, 0.05) is 0 Å². The van der Waals surface area contributed by atoms with Crippen molar-refractivity contribution in [1.29, 1.82) is 0 Å². The summed E-state index contributed by atoms with van der Waals surface area (Å²) in [7, 11) is 0. The van der Waals surface area contributed by atoms with Crippen LogP contribution in [0.5, 0.6) is 0 Å². The molecule has 1 amide bonds. The molecular formula is C14H18ClNO. The number of nitrogens with one attached hydrogen (secondary N) is 1. The standard InChI is InChI=1S/C14H18ClNO/c1-3-5-9-14(4-2)10-7-6-8-11(15)12(10)16-13(14)17/h6-8H,3-5,9H2,1-2H3,(H,16,17). The number of fused-ring (bicyclic) bond motifs is 1. The van der Waals surface area contributed by atoms with Crippen molar-refractivity contribution < 1.29 is 4.79 Å². The molecule has 1 aromatic rings. The monoisotopic (exact) mass is 251 g/mol. The first-order valence-corrected chi connectivity index (χ1v) is 6.64. The maximum atomic E-state index is 12.3. The van der Waals surface area contributed by atoms with Crippen LogP contribution < -0.4 is 5.32 Å². The van der Waals surface area contributed by atoms with Gasteiger partial charge < -0.3 is 5.32 Å². The van der Waals surface area contributed by atoms with E-state index in [4.69, 9.17) is 11.6 Å². The molecule has 0 aromatic heterocycles. The van der Waals surface area contributed by atoms with Crippen LogP contribution in [0.4, 0.5) is 5.69 Å². The number of rotatable bonds is 4. The zero-order valence-electron chi connectivity index (χ0n) is 10.3. The Kier molecular flexibility index (Phi) is 3.43. The molecule has 0 aliphatic carbocycles. The van der Waals surface area contributed by atoms with Gasteiger partial charge in [-0.2, -0.15) is 0 Å². The summed E-state index contributed by atoms with van der Waals surface area (Å²) in [5, 5.41) is 3.59. The summed E-state index contributed by atoms with van der Waals surface area (Å²) in [6.07, 6.45) is 3.89. The van der Waals surface area contributed by atoms with Crippen molar-refractivity contribution in [2.75, 3.05) is 5.32 Å². The van der Waals surface area contributed by atoms with Crippen LogP contribution in [-0.2, 0) is 10.2 Å². The van der Waals surface area contributed by atoms with Crippen molar-refractivity contribution in [2.45, 2.75) is 44.9 Å². The van der Waals surface area contributed by atoms with E-state index in [9.17, 15) is 4.79 Å². The lowest BCUT2D eigenvalue weighted by atomic mass is 9.75. The molecule has 3 heteroatoms. The molecule has 1 aliphatic rings. The van der Waals surface area contributed by atoms with Gasteiger partial charge in [-0.1, -0.05) is 50.4 Å². The topological polar surface area (TPSA) is 29.1 Å². The van der Waals surface area contributed by atoms with E-state index in [1.165, 1.54) is 0 Å². The Morgan fingerprint density at radius 2 is 2.12 bits per heavy atom. The highest BCUT2D eigenvalue weighted by molar-refractivity contribution is 6.34. The summed E-state index contributed by atoms with van der Waals surface area (Å²) in [5.74, 6) is 0.108. The quantitative estimate of drug-likeness (QED) is 0.857. The van der Waals surface area contributed by atoms with E-state index in [0.29, 0.717) is 5.02 Å². The summed E-state index contributed by atoms with van der Waals surface area (Å²) < 4.78 is 0. The number of unbranched alkanes of at least 4 members (excludes halogenated alkanes) is 1. The van der Waals surface area contributed by atoms with Crippen LogP contribution in [0.3, 0.4) is 0 Å². The fourth-order valence-electron chi connectivity index (χ4n) is 2.66. The summed E-state index contributed by atoms with van der Waals surface area (Å²) in [6.45, 7) is 4.22. The molecule has 0 fully saturated rings. The summed E-state index contributed by atoms with van der Waals surface area (Å²) in [6, 6.07) is 5.78. The Bertz CT molecular complexity index is 444. The van der Waals surface area contributed by atoms with E-state index in [2.05, 4.69) is 19.2 Å². The molecule has 1 atom stereocenters. The number of amides is 1. The third kappa shape index (κ3) is 1.85. The fourth-order valence-corrected chi connectivity index (χ4v) is 2.88. The summed E-state index contributed by atoms with van der Waals surface area (Å²) >= 11 is 6.14. The fraction of sp³-hybridized carbons (Fsp3) is 0.500. The smallest absolute Gasteiger partial charge is 0.235 e. The van der Waals surface area contributed by atoms with Gasteiger partial charge in [0.25, 0.3) is 0 Å². The Morgan fingerprint density at radius 3 is 2.76 bits per heavy atom. The number of hydrogen-bond donors (Lipinski definition) is 1. The molecule has 1 N–H and O–H groups in total. The van der Waals surface area contributed by atoms with Crippen molar-refractivity contribution in [3.8, 4) is 0 Å². The van der Waals surface area contributed by atoms with E-state index in [-0.39, 0.29) is 11.3 Å². The third-order valence-corrected chi connectivity index (χ3v) is 4.08. The van der Waals surface area contributed by atoms with Gasteiger partial charge in [-0.05, 0) is 24.5 Å². The number of carbonyl (C=O) groups excluding carboxylic acids is 1. The van der Waals surface area contributed by atoms with E-state index in [1.807, 2.05) is 18.2 Å². The minimum atomic E-state index is -0.365. The second kappa shape index (κ2) is 4.69. The van der Waals surface area contributed by atoms with Crippen LogP contribution >= 0.6 is 11.6 Å². The van der Waals surface area contributed by atoms with Gasteiger partial charge in [0.1, 0.15) is 0 Å². The molecule has 1 heterocycles. The Labute approximate surface area is 107 Å². The van der Waals surface area contributed by atoms with Crippen LogP contribution in [0.25, 0.3) is 0 Å². The van der Waals surface area contributed by atoms with Crippen molar-refractivity contribution in [2.24, 2.45) is 0 Å². The van der Waals surface area contributed by atoms with E-state index in [1.54, 1.807) is 0 Å². The van der Waals surface area contributed by atoms with Crippen LogP contribution in [0.1, 0.15) is 45.1 Å². The van der Waals surface area contributed by atoms with Crippen LogP contribution in [0, 0.1) is 0 Å². The minimum absolute atomic E-state index is 0.108. The number of hydrogen-bond acceptors (Lipinski definition) is 1. The zero-order valence-corrected chi connectivity index (χ0v) is 11.1. The number of carbonyl (C=O) groups is 1. The lowest BCUT2D eigenvalue weighted by Crippen LogP contribution is -2.33. The molecule has 0 radical (unpaired) electrons. The number of halogens is 1. The average molecular weight is 252 g/mol. The van der Waals surface area contributed by atoms with Gasteiger partial charge in [0.15, 0.2) is 0 Å². The van der Waals surface area contributed by atoms with E-state index in [0.717, 1.165) is 36.9 Å². The lowest BCUT2D eigenvalue weighted by molar-refractivity contribution is -0.121. The maximum Gasteiger partial charge on any atom is 0.235 e. The highest BCUT2D eigenvalue weighted by Crippen LogP contribution is 2.46. The van der Waals surface area contributed by atoms with Gasteiger partial charge in [-0.15, -0.1) is 0 Å². The number of para-hydroxylation sites is 1. The molecule has 2 rings (SSSR count). The Balaban J connectivity index is 2.48. The van der Waals surface area contributed by atoms with Gasteiger partial charge in [0.2, 0.25) is 5.91 Å². The Morgan fingerprint density at radius 1 is 1.35 bits per heavy atom. The molecule has 0 bridgehead atoms. The van der Waals surface area contributed by atoms with Crippen molar-refractivity contribution in [3.63, 3.8) is 0 Å². The van der Waals surface area contributed by atoms with Crippen molar-refractivity contribution in [1.82, 2.24) is 0 Å². The molecule has 0 spiro atoms. The van der Waals surface area contributed by atoms with Crippen LogP contribution in [-0.4, -0.2) is 5.91 Å². The molecular weight excluding hydrogens is 234 g/mol.